The summed E-state index contributed by atoms with van der Waals surface area (Å²) in [6.45, 7) is 6.25. The smallest absolute Gasteiger partial charge is 0.149 e. The number of hydrogen-bond donors (Lipinski definition) is 1. The first kappa shape index (κ1) is 14.6. The van der Waals surface area contributed by atoms with Crippen molar-refractivity contribution in [2.75, 3.05) is 26.3 Å². The van der Waals surface area contributed by atoms with Crippen molar-refractivity contribution in [3.05, 3.63) is 35.4 Å². The average molecular weight is 279 g/mol. The van der Waals surface area contributed by atoms with Crippen LogP contribution in [-0.2, 0) is 22.5 Å². The molecule has 104 valence electrons. The summed E-state index contributed by atoms with van der Waals surface area (Å²) in [5.74, 6) is 0.178. The molecule has 0 aliphatic carbocycles. The van der Waals surface area contributed by atoms with Crippen molar-refractivity contribution in [1.29, 1.82) is 0 Å². The molecular formula is C15H21NO2S. The molecule has 1 aliphatic heterocycles. The summed E-state index contributed by atoms with van der Waals surface area (Å²) < 4.78 is 5.36. The summed E-state index contributed by atoms with van der Waals surface area (Å²) in [7, 11) is 0. The Morgan fingerprint density at radius 2 is 1.95 bits per heavy atom. The van der Waals surface area contributed by atoms with Crippen LogP contribution in [-0.4, -0.2) is 42.2 Å². The lowest BCUT2D eigenvalue weighted by Gasteiger charge is -2.27. The van der Waals surface area contributed by atoms with Crippen molar-refractivity contribution in [2.45, 2.75) is 25.1 Å². The lowest BCUT2D eigenvalue weighted by molar-refractivity contribution is -0.117. The monoisotopic (exact) mass is 279 g/mol. The molecule has 0 amide bonds. The van der Waals surface area contributed by atoms with Gasteiger partial charge in [0.15, 0.2) is 0 Å². The number of Topliss-reactive ketones (excluding diaryl/α,β-unsaturated/α-hetero) is 1. The van der Waals surface area contributed by atoms with Gasteiger partial charge in [-0.2, -0.15) is 12.6 Å². The van der Waals surface area contributed by atoms with E-state index in [-0.39, 0.29) is 11.0 Å². The van der Waals surface area contributed by atoms with Crippen molar-refractivity contribution in [1.82, 2.24) is 4.90 Å². The van der Waals surface area contributed by atoms with Crippen LogP contribution in [0.1, 0.15) is 18.1 Å². The van der Waals surface area contributed by atoms with E-state index < -0.39 is 0 Å². The number of hydrogen-bond acceptors (Lipinski definition) is 4. The Kier molecular flexibility index (Phi) is 5.43. The van der Waals surface area contributed by atoms with E-state index in [0.717, 1.165) is 38.4 Å². The topological polar surface area (TPSA) is 29.5 Å². The Morgan fingerprint density at radius 1 is 1.32 bits per heavy atom. The van der Waals surface area contributed by atoms with Crippen molar-refractivity contribution >= 4 is 18.4 Å². The minimum absolute atomic E-state index is 0.178. The SMILES string of the molecule is CC(S)C(=O)Cc1ccccc1CN1CCOCC1. The fraction of sp³-hybridized carbons (Fsp3) is 0.533. The zero-order valence-corrected chi connectivity index (χ0v) is 12.2. The fourth-order valence-corrected chi connectivity index (χ4v) is 2.31. The normalized spacial score (nSPS) is 18.2. The Balaban J connectivity index is 2.05. The molecule has 1 atom stereocenters. The zero-order chi connectivity index (χ0) is 13.7. The molecule has 1 aliphatic rings. The van der Waals surface area contributed by atoms with Crippen LogP contribution in [0.2, 0.25) is 0 Å². The van der Waals surface area contributed by atoms with Crippen molar-refractivity contribution < 1.29 is 9.53 Å². The average Bonchev–Trinajstić information content (AvgIpc) is 2.42. The van der Waals surface area contributed by atoms with Crippen LogP contribution in [0.25, 0.3) is 0 Å². The number of rotatable bonds is 5. The molecule has 3 nitrogen and oxygen atoms in total. The minimum atomic E-state index is -0.198. The highest BCUT2D eigenvalue weighted by atomic mass is 32.1. The molecule has 1 fully saturated rings. The van der Waals surface area contributed by atoms with Gasteiger partial charge in [0.1, 0.15) is 5.78 Å². The second-order valence-electron chi connectivity index (χ2n) is 4.98. The first-order valence-corrected chi connectivity index (χ1v) is 7.26. The van der Waals surface area contributed by atoms with E-state index in [1.54, 1.807) is 0 Å². The third-order valence-corrected chi connectivity index (χ3v) is 3.73. The van der Waals surface area contributed by atoms with E-state index in [2.05, 4.69) is 23.6 Å². The van der Waals surface area contributed by atoms with E-state index in [9.17, 15) is 4.79 Å². The second-order valence-corrected chi connectivity index (χ2v) is 5.75. The predicted octanol–water partition coefficient (Wildman–Crippen LogP) is 1.95. The van der Waals surface area contributed by atoms with Crippen molar-refractivity contribution in [2.24, 2.45) is 0 Å². The standard InChI is InChI=1S/C15H21NO2S/c1-12(19)15(17)10-13-4-2-3-5-14(13)11-16-6-8-18-9-7-16/h2-5,12,19H,6-11H2,1H3. The van der Waals surface area contributed by atoms with Crippen LogP contribution in [0.15, 0.2) is 24.3 Å². The van der Waals surface area contributed by atoms with Gasteiger partial charge in [0, 0.05) is 26.1 Å². The number of thiol groups is 1. The largest absolute Gasteiger partial charge is 0.379 e. The van der Waals surface area contributed by atoms with Crippen molar-refractivity contribution in [3.63, 3.8) is 0 Å². The Morgan fingerprint density at radius 3 is 2.58 bits per heavy atom. The number of nitrogens with zero attached hydrogens (tertiary/aromatic N) is 1. The number of carbonyl (C=O) groups is 1. The Bertz CT molecular complexity index is 428. The summed E-state index contributed by atoms with van der Waals surface area (Å²) in [4.78, 5) is 14.2. The van der Waals surface area contributed by atoms with Gasteiger partial charge >= 0.3 is 0 Å². The van der Waals surface area contributed by atoms with Gasteiger partial charge in [-0.25, -0.2) is 0 Å². The van der Waals surface area contributed by atoms with E-state index in [1.165, 1.54) is 5.56 Å². The third kappa shape index (κ3) is 4.34. The molecule has 0 bridgehead atoms. The molecule has 1 aromatic rings. The third-order valence-electron chi connectivity index (χ3n) is 3.45. The summed E-state index contributed by atoms with van der Waals surface area (Å²) in [5, 5.41) is -0.198. The highest BCUT2D eigenvalue weighted by Gasteiger charge is 2.15. The second kappa shape index (κ2) is 7.08. The minimum Gasteiger partial charge on any atom is -0.379 e. The molecule has 0 spiro atoms. The Hall–Kier alpha value is -0.840. The summed E-state index contributed by atoms with van der Waals surface area (Å²) >= 11 is 4.21. The lowest BCUT2D eigenvalue weighted by atomic mass is 10.0. The number of morpholine rings is 1. The maximum absolute atomic E-state index is 11.8. The maximum Gasteiger partial charge on any atom is 0.149 e. The molecule has 1 aromatic carbocycles. The highest BCUT2D eigenvalue weighted by molar-refractivity contribution is 7.81. The lowest BCUT2D eigenvalue weighted by Crippen LogP contribution is -2.36. The zero-order valence-electron chi connectivity index (χ0n) is 11.3. The van der Waals surface area contributed by atoms with Gasteiger partial charge in [-0.1, -0.05) is 24.3 Å². The van der Waals surface area contributed by atoms with E-state index in [1.807, 2.05) is 25.1 Å². The molecule has 19 heavy (non-hydrogen) atoms. The maximum atomic E-state index is 11.8. The molecule has 1 unspecified atom stereocenters. The van der Waals surface area contributed by atoms with Gasteiger partial charge in [0.2, 0.25) is 0 Å². The molecule has 0 N–H and O–H groups in total. The van der Waals surface area contributed by atoms with Gasteiger partial charge in [-0.05, 0) is 18.1 Å². The number of ketones is 1. The number of carbonyl (C=O) groups excluding carboxylic acids is 1. The number of ether oxygens (including phenoxy) is 1. The van der Waals surface area contributed by atoms with Crippen LogP contribution >= 0.6 is 12.6 Å². The number of benzene rings is 1. The van der Waals surface area contributed by atoms with Crippen LogP contribution in [0.4, 0.5) is 0 Å². The van der Waals surface area contributed by atoms with Crippen LogP contribution < -0.4 is 0 Å². The molecule has 0 radical (unpaired) electrons. The van der Waals surface area contributed by atoms with Crippen molar-refractivity contribution in [3.8, 4) is 0 Å². The quantitative estimate of drug-likeness (QED) is 0.836. The van der Waals surface area contributed by atoms with E-state index in [4.69, 9.17) is 4.74 Å². The molecule has 2 rings (SSSR count). The van der Waals surface area contributed by atoms with Gasteiger partial charge in [0.05, 0.1) is 18.5 Å². The van der Waals surface area contributed by atoms with Crippen LogP contribution in [0.3, 0.4) is 0 Å². The van der Waals surface area contributed by atoms with Gasteiger partial charge in [0.25, 0.3) is 0 Å². The summed E-state index contributed by atoms with van der Waals surface area (Å²) in [6, 6.07) is 8.19. The highest BCUT2D eigenvalue weighted by Crippen LogP contribution is 2.15. The van der Waals surface area contributed by atoms with Gasteiger partial charge < -0.3 is 4.74 Å². The van der Waals surface area contributed by atoms with Crippen LogP contribution in [0.5, 0.6) is 0 Å². The molecule has 1 saturated heterocycles. The molecule has 4 heteroatoms. The van der Waals surface area contributed by atoms with Gasteiger partial charge in [-0.3, -0.25) is 9.69 Å². The Labute approximate surface area is 120 Å². The first-order valence-electron chi connectivity index (χ1n) is 6.74. The molecule has 1 heterocycles. The predicted molar refractivity (Wildman–Crippen MR) is 79.7 cm³/mol. The fourth-order valence-electron chi connectivity index (χ4n) is 2.22. The first-order chi connectivity index (χ1) is 9.16. The van der Waals surface area contributed by atoms with E-state index in [0.29, 0.717) is 6.42 Å². The summed E-state index contributed by atoms with van der Waals surface area (Å²) in [5.41, 5.74) is 2.37. The van der Waals surface area contributed by atoms with E-state index >= 15 is 0 Å². The molecular weight excluding hydrogens is 258 g/mol. The molecule has 0 aromatic heterocycles. The summed E-state index contributed by atoms with van der Waals surface area (Å²) in [6.07, 6.45) is 0.477. The molecule has 0 saturated carbocycles. The van der Waals surface area contributed by atoms with Gasteiger partial charge in [-0.15, -0.1) is 0 Å². The van der Waals surface area contributed by atoms with Crippen LogP contribution in [0, 0.1) is 0 Å².